The minimum Gasteiger partial charge on any atom is -0.496 e. The smallest absolute Gasteiger partial charge is 0.261 e. The fraction of sp³-hybridized carbons (Fsp3) is 0.0417. The normalized spacial score (nSPS) is 11.1. The van der Waals surface area contributed by atoms with E-state index in [0.717, 1.165) is 10.8 Å². The van der Waals surface area contributed by atoms with Gasteiger partial charge in [0.05, 0.1) is 12.0 Å². The zero-order valence-corrected chi connectivity index (χ0v) is 17.5. The van der Waals surface area contributed by atoms with Gasteiger partial charge in [-0.15, -0.1) is 0 Å². The van der Waals surface area contributed by atoms with E-state index in [1.165, 1.54) is 18.2 Å². The molecule has 0 aliphatic carbocycles. The number of rotatable bonds is 6. The number of sulfonamides is 1. The molecule has 7 heteroatoms. The van der Waals surface area contributed by atoms with E-state index in [-0.39, 0.29) is 10.8 Å². The second-order valence-corrected chi connectivity index (χ2v) is 8.50. The Labute approximate surface area is 180 Å². The first-order chi connectivity index (χ1) is 15.0. The number of amides is 1. The number of carbonyl (C=O) groups excluding carboxylic acids is 1. The lowest BCUT2D eigenvalue weighted by Crippen LogP contribution is -2.15. The van der Waals surface area contributed by atoms with Crippen LogP contribution < -0.4 is 14.8 Å². The molecule has 0 aromatic heterocycles. The Morgan fingerprint density at radius 2 is 1.52 bits per heavy atom. The molecular weight excluding hydrogens is 412 g/mol. The summed E-state index contributed by atoms with van der Waals surface area (Å²) in [5.74, 6) is 0.363. The number of carbonyl (C=O) groups is 1. The van der Waals surface area contributed by atoms with Crippen LogP contribution in [0.5, 0.6) is 5.75 Å². The van der Waals surface area contributed by atoms with Crippen LogP contribution in [0.3, 0.4) is 0 Å². The monoisotopic (exact) mass is 432 g/mol. The quantitative estimate of drug-likeness (QED) is 0.454. The predicted octanol–water partition coefficient (Wildman–Crippen LogP) is 4.90. The summed E-state index contributed by atoms with van der Waals surface area (Å²) >= 11 is 0. The summed E-state index contributed by atoms with van der Waals surface area (Å²) in [4.78, 5) is 13.0. The van der Waals surface area contributed by atoms with Crippen molar-refractivity contribution in [3.63, 3.8) is 0 Å². The van der Waals surface area contributed by atoms with Crippen molar-refractivity contribution in [1.29, 1.82) is 0 Å². The molecule has 6 nitrogen and oxygen atoms in total. The van der Waals surface area contributed by atoms with Crippen LogP contribution in [0.15, 0.2) is 95.9 Å². The van der Waals surface area contributed by atoms with E-state index < -0.39 is 10.0 Å². The van der Waals surface area contributed by atoms with E-state index in [9.17, 15) is 13.2 Å². The molecule has 156 valence electrons. The Bertz CT molecular complexity index is 1350. The SMILES string of the molecule is COc1ccc(NC(=O)c2cccc(NS(=O)(=O)c3ccccc3)c2)c2ccccc12. The van der Waals surface area contributed by atoms with Crippen molar-refractivity contribution in [3.05, 3.63) is 96.6 Å². The summed E-state index contributed by atoms with van der Waals surface area (Å²) < 4.78 is 33.0. The van der Waals surface area contributed by atoms with Crippen molar-refractivity contribution in [2.45, 2.75) is 4.90 Å². The highest BCUT2D eigenvalue weighted by Crippen LogP contribution is 2.31. The molecule has 0 atom stereocenters. The molecule has 1 amide bonds. The largest absolute Gasteiger partial charge is 0.496 e. The van der Waals surface area contributed by atoms with Gasteiger partial charge >= 0.3 is 0 Å². The lowest BCUT2D eigenvalue weighted by Gasteiger charge is -2.13. The Balaban J connectivity index is 1.59. The van der Waals surface area contributed by atoms with Crippen LogP contribution in [0.4, 0.5) is 11.4 Å². The number of nitrogens with one attached hydrogen (secondary N) is 2. The zero-order chi connectivity index (χ0) is 21.8. The lowest BCUT2D eigenvalue weighted by atomic mass is 10.1. The Morgan fingerprint density at radius 1 is 0.806 bits per heavy atom. The van der Waals surface area contributed by atoms with E-state index in [1.807, 2.05) is 24.3 Å². The highest BCUT2D eigenvalue weighted by molar-refractivity contribution is 7.92. The van der Waals surface area contributed by atoms with E-state index in [0.29, 0.717) is 22.7 Å². The van der Waals surface area contributed by atoms with Crippen LogP contribution in [0, 0.1) is 0 Å². The number of hydrogen-bond acceptors (Lipinski definition) is 4. The van der Waals surface area contributed by atoms with Crippen molar-refractivity contribution < 1.29 is 17.9 Å². The van der Waals surface area contributed by atoms with Crippen molar-refractivity contribution in [2.75, 3.05) is 17.1 Å². The van der Waals surface area contributed by atoms with E-state index >= 15 is 0 Å². The van der Waals surface area contributed by atoms with Crippen LogP contribution in [0.2, 0.25) is 0 Å². The summed E-state index contributed by atoms with van der Waals surface area (Å²) in [7, 11) is -2.15. The molecule has 0 radical (unpaired) electrons. The average molecular weight is 433 g/mol. The van der Waals surface area contributed by atoms with Crippen molar-refractivity contribution in [3.8, 4) is 5.75 Å². The first kappa shape index (κ1) is 20.4. The summed E-state index contributed by atoms with van der Waals surface area (Å²) in [5, 5.41) is 4.63. The molecule has 0 unspecified atom stereocenters. The lowest BCUT2D eigenvalue weighted by molar-refractivity contribution is 0.102. The van der Waals surface area contributed by atoms with E-state index in [2.05, 4.69) is 10.0 Å². The highest BCUT2D eigenvalue weighted by atomic mass is 32.2. The number of methoxy groups -OCH3 is 1. The van der Waals surface area contributed by atoms with Gasteiger partial charge in [-0.05, 0) is 42.5 Å². The van der Waals surface area contributed by atoms with Gasteiger partial charge in [-0.2, -0.15) is 0 Å². The maximum absolute atomic E-state index is 12.9. The topological polar surface area (TPSA) is 84.5 Å². The Kier molecular flexibility index (Phi) is 5.60. The molecule has 31 heavy (non-hydrogen) atoms. The number of benzene rings is 4. The zero-order valence-electron chi connectivity index (χ0n) is 16.7. The maximum atomic E-state index is 12.9. The van der Waals surface area contributed by atoms with Gasteiger partial charge in [-0.3, -0.25) is 9.52 Å². The standard InChI is InChI=1S/C24H20N2O4S/c1-30-23-15-14-22(20-12-5-6-13-21(20)23)25-24(27)17-8-7-9-18(16-17)26-31(28,29)19-10-3-2-4-11-19/h2-16,26H,1H3,(H,25,27). The maximum Gasteiger partial charge on any atom is 0.261 e. The number of ether oxygens (including phenoxy) is 1. The average Bonchev–Trinajstić information content (AvgIpc) is 2.80. The van der Waals surface area contributed by atoms with Gasteiger partial charge < -0.3 is 10.1 Å². The number of fused-ring (bicyclic) bond motifs is 1. The molecule has 0 saturated heterocycles. The minimum absolute atomic E-state index is 0.148. The third-order valence-corrected chi connectivity index (χ3v) is 6.18. The van der Waals surface area contributed by atoms with Gasteiger partial charge in [-0.25, -0.2) is 8.42 Å². The van der Waals surface area contributed by atoms with Crippen LogP contribution in [-0.4, -0.2) is 21.4 Å². The molecule has 2 N–H and O–H groups in total. The molecule has 4 rings (SSSR count). The second-order valence-electron chi connectivity index (χ2n) is 6.81. The minimum atomic E-state index is -3.75. The van der Waals surface area contributed by atoms with Crippen molar-refractivity contribution >= 4 is 38.1 Å². The summed E-state index contributed by atoms with van der Waals surface area (Å²) in [6.45, 7) is 0. The Morgan fingerprint density at radius 3 is 2.26 bits per heavy atom. The molecular formula is C24H20N2O4S. The summed E-state index contributed by atoms with van der Waals surface area (Å²) in [5.41, 5.74) is 1.26. The molecule has 0 aliphatic heterocycles. The van der Waals surface area contributed by atoms with Crippen LogP contribution in [-0.2, 0) is 10.0 Å². The molecule has 0 spiro atoms. The van der Waals surface area contributed by atoms with Gasteiger partial charge in [0.25, 0.3) is 15.9 Å². The van der Waals surface area contributed by atoms with Crippen LogP contribution >= 0.6 is 0 Å². The predicted molar refractivity (Wildman–Crippen MR) is 122 cm³/mol. The van der Waals surface area contributed by atoms with Crippen molar-refractivity contribution in [1.82, 2.24) is 0 Å². The Hall–Kier alpha value is -3.84. The molecule has 0 heterocycles. The molecule has 0 fully saturated rings. The van der Waals surface area contributed by atoms with Gasteiger partial charge in [0, 0.05) is 27.7 Å². The first-order valence-electron chi connectivity index (χ1n) is 9.53. The molecule has 4 aromatic rings. The third-order valence-electron chi connectivity index (χ3n) is 4.78. The third kappa shape index (κ3) is 4.36. The fourth-order valence-electron chi connectivity index (χ4n) is 3.29. The number of anilines is 2. The second kappa shape index (κ2) is 8.49. The first-order valence-corrected chi connectivity index (χ1v) is 11.0. The van der Waals surface area contributed by atoms with Gasteiger partial charge in [0.2, 0.25) is 0 Å². The summed E-state index contributed by atoms with van der Waals surface area (Å²) in [6.07, 6.45) is 0. The summed E-state index contributed by atoms with van der Waals surface area (Å²) in [6, 6.07) is 25.6. The number of hydrogen-bond donors (Lipinski definition) is 2. The van der Waals surface area contributed by atoms with Gasteiger partial charge in [0.15, 0.2) is 0 Å². The molecule has 4 aromatic carbocycles. The van der Waals surface area contributed by atoms with Crippen LogP contribution in [0.1, 0.15) is 10.4 Å². The fourth-order valence-corrected chi connectivity index (χ4v) is 4.36. The van der Waals surface area contributed by atoms with Gasteiger partial charge in [-0.1, -0.05) is 48.5 Å². The van der Waals surface area contributed by atoms with Gasteiger partial charge in [0.1, 0.15) is 5.75 Å². The highest BCUT2D eigenvalue weighted by Gasteiger charge is 2.15. The molecule has 0 saturated carbocycles. The van der Waals surface area contributed by atoms with Crippen LogP contribution in [0.25, 0.3) is 10.8 Å². The van der Waals surface area contributed by atoms with E-state index in [4.69, 9.17) is 4.74 Å². The molecule has 0 aliphatic rings. The van der Waals surface area contributed by atoms with E-state index in [1.54, 1.807) is 55.6 Å². The molecule has 0 bridgehead atoms. The van der Waals surface area contributed by atoms with Crippen molar-refractivity contribution in [2.24, 2.45) is 0 Å².